The minimum absolute atomic E-state index is 0.0764. The first-order chi connectivity index (χ1) is 4.79. The van der Waals surface area contributed by atoms with Gasteiger partial charge in [-0.2, -0.15) is 0 Å². The molecule has 0 unspecified atom stereocenters. The van der Waals surface area contributed by atoms with Crippen molar-refractivity contribution in [1.82, 2.24) is 0 Å². The van der Waals surface area contributed by atoms with Gasteiger partial charge >= 0.3 is 0 Å². The van der Waals surface area contributed by atoms with Crippen molar-refractivity contribution in [2.24, 2.45) is 0 Å². The van der Waals surface area contributed by atoms with Crippen molar-refractivity contribution >= 4 is 11.6 Å². The van der Waals surface area contributed by atoms with E-state index in [1.54, 1.807) is 0 Å². The summed E-state index contributed by atoms with van der Waals surface area (Å²) in [7, 11) is 0. The van der Waals surface area contributed by atoms with Crippen LogP contribution in [0.4, 0.5) is 0 Å². The molecule has 0 radical (unpaired) electrons. The maximum absolute atomic E-state index is 9.01. The van der Waals surface area contributed by atoms with Crippen molar-refractivity contribution in [3.8, 4) is 0 Å². The van der Waals surface area contributed by atoms with Gasteiger partial charge < -0.3 is 14.6 Å². The number of hydrogen-bond acceptors (Lipinski definition) is 3. The summed E-state index contributed by atoms with van der Waals surface area (Å²) in [6.45, 7) is 1.56. The Labute approximate surface area is 64.9 Å². The molecule has 0 saturated carbocycles. The average molecular weight is 167 g/mol. The van der Waals surface area contributed by atoms with Crippen molar-refractivity contribution < 1.29 is 14.6 Å². The predicted molar refractivity (Wildman–Crippen MR) is 37.3 cm³/mol. The van der Waals surface area contributed by atoms with Crippen LogP contribution in [0.3, 0.4) is 0 Å². The van der Waals surface area contributed by atoms with Crippen LogP contribution >= 0.6 is 11.6 Å². The topological polar surface area (TPSA) is 38.7 Å². The van der Waals surface area contributed by atoms with E-state index in [2.05, 4.69) is 0 Å². The van der Waals surface area contributed by atoms with Gasteiger partial charge in [0.1, 0.15) is 6.10 Å². The van der Waals surface area contributed by atoms with Gasteiger partial charge in [-0.1, -0.05) is 0 Å². The Bertz CT molecular complexity index is 79.0. The molecule has 3 nitrogen and oxygen atoms in total. The molecular formula is C6H11ClO3. The van der Waals surface area contributed by atoms with E-state index in [9.17, 15) is 0 Å². The van der Waals surface area contributed by atoms with Crippen molar-refractivity contribution in [3.05, 3.63) is 0 Å². The summed E-state index contributed by atoms with van der Waals surface area (Å²) in [5.41, 5.74) is 0. The minimum Gasteiger partial charge on any atom is -0.388 e. The van der Waals surface area contributed by atoms with E-state index >= 15 is 0 Å². The highest BCUT2D eigenvalue weighted by atomic mass is 35.5. The first-order valence-electron chi connectivity index (χ1n) is 3.26. The molecule has 0 spiro atoms. The molecule has 4 heteroatoms. The van der Waals surface area contributed by atoms with Gasteiger partial charge in [-0.15, -0.1) is 11.6 Å². The van der Waals surface area contributed by atoms with Crippen LogP contribution in [0.1, 0.15) is 0 Å². The van der Waals surface area contributed by atoms with Crippen molar-refractivity contribution in [1.29, 1.82) is 0 Å². The van der Waals surface area contributed by atoms with E-state index in [1.165, 1.54) is 0 Å². The summed E-state index contributed by atoms with van der Waals surface area (Å²) in [6, 6.07) is 0. The van der Waals surface area contributed by atoms with Gasteiger partial charge in [0.15, 0.2) is 0 Å². The third kappa shape index (κ3) is 2.84. The molecule has 1 N–H and O–H groups in total. The molecular weight excluding hydrogens is 156 g/mol. The third-order valence-electron chi connectivity index (χ3n) is 1.22. The molecule has 0 aromatic carbocycles. The highest BCUT2D eigenvalue weighted by Gasteiger charge is 2.12. The lowest BCUT2D eigenvalue weighted by Crippen LogP contribution is -2.30. The second-order valence-corrected chi connectivity index (χ2v) is 2.94. The van der Waals surface area contributed by atoms with E-state index in [1.807, 2.05) is 0 Å². The Balaban J connectivity index is 2.21. The summed E-state index contributed by atoms with van der Waals surface area (Å²) in [4.78, 5) is 0. The number of halogens is 1. The largest absolute Gasteiger partial charge is 0.388 e. The fourth-order valence-corrected chi connectivity index (χ4v) is 0.938. The minimum atomic E-state index is -0.496. The molecule has 60 valence electrons. The zero-order valence-electron chi connectivity index (χ0n) is 5.62. The van der Waals surface area contributed by atoms with E-state index in [0.717, 1.165) is 0 Å². The molecule has 1 aliphatic heterocycles. The smallest absolute Gasteiger partial charge is 0.101 e. The molecule has 0 bridgehead atoms. The van der Waals surface area contributed by atoms with Crippen molar-refractivity contribution in [2.45, 2.75) is 11.5 Å². The molecule has 1 saturated heterocycles. The van der Waals surface area contributed by atoms with Crippen LogP contribution in [0.15, 0.2) is 0 Å². The van der Waals surface area contributed by atoms with Gasteiger partial charge in [0.05, 0.1) is 31.8 Å². The van der Waals surface area contributed by atoms with Crippen LogP contribution < -0.4 is 0 Å². The van der Waals surface area contributed by atoms with Crippen LogP contribution in [0.5, 0.6) is 0 Å². The zero-order valence-corrected chi connectivity index (χ0v) is 6.38. The van der Waals surface area contributed by atoms with Gasteiger partial charge in [-0.25, -0.2) is 0 Å². The summed E-state index contributed by atoms with van der Waals surface area (Å²) in [6.07, 6.45) is -0.496. The second-order valence-electron chi connectivity index (χ2n) is 2.33. The summed E-state index contributed by atoms with van der Waals surface area (Å²) in [5, 5.41) is 8.93. The monoisotopic (exact) mass is 166 g/mol. The number of ether oxygens (including phenoxy) is 2. The van der Waals surface area contributed by atoms with E-state index < -0.39 is 6.10 Å². The lowest BCUT2D eigenvalue weighted by Gasteiger charge is -2.18. The van der Waals surface area contributed by atoms with Crippen LogP contribution in [-0.2, 0) is 9.47 Å². The van der Waals surface area contributed by atoms with Crippen molar-refractivity contribution in [3.63, 3.8) is 0 Å². The van der Waals surface area contributed by atoms with Crippen LogP contribution in [-0.4, -0.2) is 43.0 Å². The van der Waals surface area contributed by atoms with Crippen LogP contribution in [0.25, 0.3) is 0 Å². The fraction of sp³-hybridized carbons (Fsp3) is 1.00. The summed E-state index contributed by atoms with van der Waals surface area (Å²) in [5.74, 6) is 0. The number of alkyl halides is 1. The quantitative estimate of drug-likeness (QED) is 0.515. The summed E-state index contributed by atoms with van der Waals surface area (Å²) >= 11 is 5.71. The number of hydrogen-bond donors (Lipinski definition) is 1. The van der Waals surface area contributed by atoms with Crippen LogP contribution in [0.2, 0.25) is 0 Å². The lowest BCUT2D eigenvalue weighted by atomic mass is 10.4. The van der Waals surface area contributed by atoms with E-state index in [4.69, 9.17) is 26.2 Å². The van der Waals surface area contributed by atoms with E-state index in [0.29, 0.717) is 26.4 Å². The fourth-order valence-electron chi connectivity index (χ4n) is 0.760. The molecule has 1 heterocycles. The average Bonchev–Trinajstić information content (AvgIpc) is 1.84. The van der Waals surface area contributed by atoms with Crippen molar-refractivity contribution in [2.75, 3.05) is 26.4 Å². The standard InChI is InChI=1S/C6H11ClO3/c7-5-1-9-3-6(8)4-10-2-5/h5-6,8H,1-4H2. The normalized spacial score (nSPS) is 36.6. The SMILES string of the molecule is OC1COCC(Cl)COC1. The highest BCUT2D eigenvalue weighted by Crippen LogP contribution is 2.02. The maximum atomic E-state index is 9.01. The molecule has 0 aromatic heterocycles. The molecule has 1 rings (SSSR count). The first kappa shape index (κ1) is 8.27. The number of aliphatic hydroxyl groups excluding tert-OH is 1. The molecule has 1 fully saturated rings. The molecule has 0 amide bonds. The Morgan fingerprint density at radius 2 is 1.60 bits per heavy atom. The Morgan fingerprint density at radius 3 is 2.10 bits per heavy atom. The van der Waals surface area contributed by atoms with Gasteiger partial charge in [0.25, 0.3) is 0 Å². The van der Waals surface area contributed by atoms with Gasteiger partial charge in [0.2, 0.25) is 0 Å². The Kier molecular flexibility index (Phi) is 3.42. The third-order valence-corrected chi connectivity index (χ3v) is 1.47. The van der Waals surface area contributed by atoms with Gasteiger partial charge in [-0.05, 0) is 0 Å². The maximum Gasteiger partial charge on any atom is 0.101 e. The lowest BCUT2D eigenvalue weighted by molar-refractivity contribution is -0.0444. The van der Waals surface area contributed by atoms with E-state index in [-0.39, 0.29) is 5.38 Å². The predicted octanol–water partition coefficient (Wildman–Crippen LogP) is 0.00150. The number of rotatable bonds is 0. The second kappa shape index (κ2) is 4.13. The highest BCUT2D eigenvalue weighted by molar-refractivity contribution is 6.20. The number of aliphatic hydroxyl groups is 1. The van der Waals surface area contributed by atoms with Crippen LogP contribution in [0, 0.1) is 0 Å². The first-order valence-corrected chi connectivity index (χ1v) is 3.70. The molecule has 1 aliphatic rings. The Hall–Kier alpha value is 0.170. The molecule has 0 aliphatic carbocycles. The summed E-state index contributed by atoms with van der Waals surface area (Å²) < 4.78 is 10.1. The molecule has 10 heavy (non-hydrogen) atoms. The molecule has 0 atom stereocenters. The van der Waals surface area contributed by atoms with Gasteiger partial charge in [0, 0.05) is 0 Å². The Morgan fingerprint density at radius 1 is 1.10 bits per heavy atom. The zero-order chi connectivity index (χ0) is 7.40. The van der Waals surface area contributed by atoms with Gasteiger partial charge in [-0.3, -0.25) is 0 Å². The molecule has 0 aromatic rings.